The molecule has 8 heteroatoms. The molecule has 122 valence electrons. The highest BCUT2D eigenvalue weighted by Gasteiger charge is 2.30. The number of hydrogen-bond donors (Lipinski definition) is 1. The van der Waals surface area contributed by atoms with Crippen LogP contribution in [-0.2, 0) is 11.8 Å². The number of aliphatic carboxylic acids is 1. The van der Waals surface area contributed by atoms with E-state index in [2.05, 4.69) is 10.1 Å². The second kappa shape index (κ2) is 6.11. The fourth-order valence-corrected chi connectivity index (χ4v) is 3.77. The lowest BCUT2D eigenvalue weighted by Crippen LogP contribution is -2.42. The molecular formula is C15H18N4O3S. The van der Waals surface area contributed by atoms with Gasteiger partial charge in [0.2, 0.25) is 0 Å². The molecule has 1 saturated heterocycles. The van der Waals surface area contributed by atoms with Crippen LogP contribution in [0.4, 0.5) is 0 Å². The molecule has 1 unspecified atom stereocenters. The lowest BCUT2D eigenvalue weighted by molar-refractivity contribution is -0.143. The van der Waals surface area contributed by atoms with E-state index in [1.807, 2.05) is 20.2 Å². The fraction of sp³-hybridized carbons (Fsp3) is 0.467. The highest BCUT2D eigenvalue weighted by molar-refractivity contribution is 7.17. The zero-order chi connectivity index (χ0) is 16.6. The molecule has 1 atom stereocenters. The highest BCUT2D eigenvalue weighted by Crippen LogP contribution is 2.29. The Kier molecular flexibility index (Phi) is 4.16. The molecule has 1 aliphatic rings. The average Bonchev–Trinajstić information content (AvgIpc) is 3.12. The number of carboxylic acid groups (broad SMARTS) is 1. The quantitative estimate of drug-likeness (QED) is 0.924. The van der Waals surface area contributed by atoms with Crippen LogP contribution in [0.1, 0.15) is 28.2 Å². The fourth-order valence-electron chi connectivity index (χ4n) is 2.76. The molecule has 3 rings (SSSR count). The summed E-state index contributed by atoms with van der Waals surface area (Å²) in [5, 5.41) is 14.0. The Bertz CT molecular complexity index is 752. The van der Waals surface area contributed by atoms with E-state index in [9.17, 15) is 9.59 Å². The summed E-state index contributed by atoms with van der Waals surface area (Å²) in [6, 6.07) is 0. The topological polar surface area (TPSA) is 88.3 Å². The summed E-state index contributed by atoms with van der Waals surface area (Å²) in [5.41, 5.74) is 1.55. The molecule has 23 heavy (non-hydrogen) atoms. The van der Waals surface area contributed by atoms with Crippen molar-refractivity contribution < 1.29 is 14.7 Å². The van der Waals surface area contributed by atoms with Crippen molar-refractivity contribution in [3.8, 4) is 10.6 Å². The Morgan fingerprint density at radius 1 is 1.43 bits per heavy atom. The van der Waals surface area contributed by atoms with Crippen LogP contribution in [0.2, 0.25) is 0 Å². The van der Waals surface area contributed by atoms with Crippen molar-refractivity contribution in [3.63, 3.8) is 0 Å². The second-order valence-electron chi connectivity index (χ2n) is 5.76. The van der Waals surface area contributed by atoms with Crippen molar-refractivity contribution in [2.24, 2.45) is 13.0 Å². The van der Waals surface area contributed by atoms with Gasteiger partial charge in [0.1, 0.15) is 9.88 Å². The van der Waals surface area contributed by atoms with Gasteiger partial charge in [0.05, 0.1) is 17.8 Å². The van der Waals surface area contributed by atoms with Gasteiger partial charge < -0.3 is 10.0 Å². The number of carbonyl (C=O) groups is 2. The maximum atomic E-state index is 12.7. The molecule has 0 bridgehead atoms. The Hall–Kier alpha value is -2.22. The van der Waals surface area contributed by atoms with Crippen molar-refractivity contribution in [2.75, 3.05) is 13.1 Å². The smallest absolute Gasteiger partial charge is 0.308 e. The van der Waals surface area contributed by atoms with Crippen molar-refractivity contribution >= 4 is 23.2 Å². The molecule has 0 saturated carbocycles. The van der Waals surface area contributed by atoms with Gasteiger partial charge in [-0.3, -0.25) is 14.3 Å². The molecule has 0 aromatic carbocycles. The number of hydrogen-bond acceptors (Lipinski definition) is 5. The second-order valence-corrected chi connectivity index (χ2v) is 6.76. The summed E-state index contributed by atoms with van der Waals surface area (Å²) in [4.78, 5) is 30.6. The van der Waals surface area contributed by atoms with E-state index in [1.165, 1.54) is 11.3 Å². The van der Waals surface area contributed by atoms with Crippen LogP contribution in [0.5, 0.6) is 0 Å². The number of likely N-dealkylation sites (tertiary alicyclic amines) is 1. The summed E-state index contributed by atoms with van der Waals surface area (Å²) < 4.78 is 1.69. The minimum Gasteiger partial charge on any atom is -0.481 e. The number of amides is 1. The molecule has 1 N–H and O–H groups in total. The van der Waals surface area contributed by atoms with Crippen LogP contribution < -0.4 is 0 Å². The van der Waals surface area contributed by atoms with Crippen LogP contribution in [0.25, 0.3) is 10.6 Å². The van der Waals surface area contributed by atoms with Gasteiger partial charge in [0, 0.05) is 31.9 Å². The molecule has 0 spiro atoms. The molecule has 1 aliphatic heterocycles. The third-order valence-electron chi connectivity index (χ3n) is 4.00. The molecule has 0 aliphatic carbocycles. The summed E-state index contributed by atoms with van der Waals surface area (Å²) in [6.45, 7) is 2.68. The number of aryl methyl sites for hydroxylation is 2. The molecule has 1 fully saturated rings. The monoisotopic (exact) mass is 334 g/mol. The normalized spacial score (nSPS) is 18.2. The molecule has 7 nitrogen and oxygen atoms in total. The maximum Gasteiger partial charge on any atom is 0.308 e. The Balaban J connectivity index is 1.82. The molecule has 3 heterocycles. The maximum absolute atomic E-state index is 12.7. The minimum absolute atomic E-state index is 0.124. The van der Waals surface area contributed by atoms with Gasteiger partial charge in [-0.1, -0.05) is 0 Å². The molecular weight excluding hydrogens is 316 g/mol. The first kappa shape index (κ1) is 15.7. The van der Waals surface area contributed by atoms with Crippen LogP contribution in [0.15, 0.2) is 12.4 Å². The number of carboxylic acids is 1. The first-order valence-corrected chi connectivity index (χ1v) is 8.26. The van der Waals surface area contributed by atoms with Crippen LogP contribution in [0.3, 0.4) is 0 Å². The summed E-state index contributed by atoms with van der Waals surface area (Å²) in [7, 11) is 1.83. The van der Waals surface area contributed by atoms with Crippen LogP contribution in [-0.4, -0.2) is 49.7 Å². The first-order valence-electron chi connectivity index (χ1n) is 7.44. The van der Waals surface area contributed by atoms with E-state index in [1.54, 1.807) is 15.8 Å². The largest absolute Gasteiger partial charge is 0.481 e. The Labute approximate surface area is 137 Å². The number of aromatic nitrogens is 3. The highest BCUT2D eigenvalue weighted by atomic mass is 32.1. The van der Waals surface area contributed by atoms with Crippen molar-refractivity contribution in [1.82, 2.24) is 19.7 Å². The van der Waals surface area contributed by atoms with Gasteiger partial charge >= 0.3 is 5.97 Å². The van der Waals surface area contributed by atoms with Crippen LogP contribution in [0, 0.1) is 12.8 Å². The third kappa shape index (κ3) is 3.12. The molecule has 0 radical (unpaired) electrons. The number of nitrogens with zero attached hydrogens (tertiary/aromatic N) is 4. The van der Waals surface area contributed by atoms with E-state index in [-0.39, 0.29) is 12.5 Å². The zero-order valence-electron chi connectivity index (χ0n) is 13.0. The summed E-state index contributed by atoms with van der Waals surface area (Å²) in [6.07, 6.45) is 4.92. The van der Waals surface area contributed by atoms with E-state index in [4.69, 9.17) is 5.11 Å². The van der Waals surface area contributed by atoms with Crippen molar-refractivity contribution in [1.29, 1.82) is 0 Å². The molecule has 2 aromatic heterocycles. The number of thiazole rings is 1. The van der Waals surface area contributed by atoms with Crippen molar-refractivity contribution in [3.05, 3.63) is 23.0 Å². The lowest BCUT2D eigenvalue weighted by atomic mass is 9.98. The van der Waals surface area contributed by atoms with E-state index in [0.717, 1.165) is 17.0 Å². The third-order valence-corrected chi connectivity index (χ3v) is 5.20. The average molecular weight is 334 g/mol. The number of carbonyl (C=O) groups excluding carboxylic acids is 1. The Morgan fingerprint density at radius 3 is 2.87 bits per heavy atom. The van der Waals surface area contributed by atoms with Gasteiger partial charge in [0.25, 0.3) is 5.91 Å². The van der Waals surface area contributed by atoms with Gasteiger partial charge in [0.15, 0.2) is 0 Å². The van der Waals surface area contributed by atoms with E-state index < -0.39 is 11.9 Å². The molecule has 1 amide bonds. The van der Waals surface area contributed by atoms with Crippen molar-refractivity contribution in [2.45, 2.75) is 19.8 Å². The predicted octanol–water partition coefficient (Wildman–Crippen LogP) is 1.79. The van der Waals surface area contributed by atoms with Gasteiger partial charge in [-0.15, -0.1) is 11.3 Å². The van der Waals surface area contributed by atoms with E-state index >= 15 is 0 Å². The number of piperidine rings is 1. The van der Waals surface area contributed by atoms with Gasteiger partial charge in [-0.2, -0.15) is 5.10 Å². The van der Waals surface area contributed by atoms with E-state index in [0.29, 0.717) is 23.5 Å². The van der Waals surface area contributed by atoms with Crippen LogP contribution >= 0.6 is 11.3 Å². The SMILES string of the molecule is Cc1nc(-c2cnn(C)c2)sc1C(=O)N1CCCC(C(=O)O)C1. The number of rotatable bonds is 3. The lowest BCUT2D eigenvalue weighted by Gasteiger charge is -2.30. The summed E-state index contributed by atoms with van der Waals surface area (Å²) >= 11 is 1.33. The Morgan fingerprint density at radius 2 is 2.22 bits per heavy atom. The zero-order valence-corrected chi connectivity index (χ0v) is 13.8. The van der Waals surface area contributed by atoms with Gasteiger partial charge in [-0.05, 0) is 19.8 Å². The minimum atomic E-state index is -0.834. The first-order chi connectivity index (χ1) is 11.0. The summed E-state index contributed by atoms with van der Waals surface area (Å²) in [5.74, 6) is -1.43. The standard InChI is InChI=1S/C15H18N4O3S/c1-9-12(23-13(17-9)11-6-16-18(2)7-11)14(20)19-5-3-4-10(8-19)15(21)22/h6-7,10H,3-5,8H2,1-2H3,(H,21,22). The van der Waals surface area contributed by atoms with Gasteiger partial charge in [-0.25, -0.2) is 4.98 Å². The predicted molar refractivity (Wildman–Crippen MR) is 85.3 cm³/mol. The molecule has 2 aromatic rings.